The SMILES string of the molecule is CSN1CCC(Nc2nc3cnc(-c4cn[nH]c4)cn3n2)CC1. The zero-order valence-corrected chi connectivity index (χ0v) is 13.6. The summed E-state index contributed by atoms with van der Waals surface area (Å²) in [5.41, 5.74) is 2.48. The number of anilines is 1. The molecular formula is C14H18N8S. The predicted octanol–water partition coefficient (Wildman–Crippen LogP) is 1.67. The fourth-order valence-electron chi connectivity index (χ4n) is 2.76. The first-order valence-electron chi connectivity index (χ1n) is 7.59. The maximum atomic E-state index is 4.52. The smallest absolute Gasteiger partial charge is 0.243 e. The van der Waals surface area contributed by atoms with Crippen molar-refractivity contribution in [3.05, 3.63) is 24.8 Å². The quantitative estimate of drug-likeness (QED) is 0.704. The second-order valence-corrected chi connectivity index (χ2v) is 6.41. The number of hydrogen-bond acceptors (Lipinski definition) is 7. The summed E-state index contributed by atoms with van der Waals surface area (Å²) >= 11 is 1.81. The molecular weight excluding hydrogens is 312 g/mol. The monoisotopic (exact) mass is 330 g/mol. The van der Waals surface area contributed by atoms with Crippen molar-refractivity contribution < 1.29 is 0 Å². The van der Waals surface area contributed by atoms with Gasteiger partial charge in [-0.3, -0.25) is 14.4 Å². The highest BCUT2D eigenvalue weighted by Crippen LogP contribution is 2.20. The van der Waals surface area contributed by atoms with Crippen LogP contribution in [-0.4, -0.2) is 59.5 Å². The third-order valence-corrected chi connectivity index (χ3v) is 4.94. The molecule has 0 radical (unpaired) electrons. The van der Waals surface area contributed by atoms with E-state index in [0.29, 0.717) is 12.0 Å². The van der Waals surface area contributed by atoms with Crippen LogP contribution in [0.2, 0.25) is 0 Å². The van der Waals surface area contributed by atoms with E-state index in [1.807, 2.05) is 24.3 Å². The van der Waals surface area contributed by atoms with Crippen LogP contribution < -0.4 is 5.32 Å². The van der Waals surface area contributed by atoms with Gasteiger partial charge in [0, 0.05) is 30.9 Å². The van der Waals surface area contributed by atoms with Crippen LogP contribution in [0.4, 0.5) is 5.95 Å². The molecule has 0 spiro atoms. The first kappa shape index (κ1) is 14.5. The second-order valence-electron chi connectivity index (χ2n) is 5.53. The van der Waals surface area contributed by atoms with Gasteiger partial charge in [0.25, 0.3) is 0 Å². The average Bonchev–Trinajstić information content (AvgIpc) is 3.24. The van der Waals surface area contributed by atoms with Crippen LogP contribution in [0.15, 0.2) is 24.8 Å². The second kappa shape index (κ2) is 6.17. The van der Waals surface area contributed by atoms with Gasteiger partial charge in [-0.2, -0.15) is 10.1 Å². The zero-order valence-electron chi connectivity index (χ0n) is 12.8. The Morgan fingerprint density at radius 2 is 2.17 bits per heavy atom. The minimum atomic E-state index is 0.428. The Kier molecular flexibility index (Phi) is 3.88. The van der Waals surface area contributed by atoms with Gasteiger partial charge < -0.3 is 5.32 Å². The van der Waals surface area contributed by atoms with Crippen LogP contribution in [-0.2, 0) is 0 Å². The Hall–Kier alpha value is -2.13. The molecule has 120 valence electrons. The number of H-pyrrole nitrogens is 1. The number of nitrogens with one attached hydrogen (secondary N) is 2. The Bertz CT molecular complexity index is 775. The molecule has 2 N–H and O–H groups in total. The Morgan fingerprint density at radius 3 is 2.91 bits per heavy atom. The Morgan fingerprint density at radius 1 is 1.30 bits per heavy atom. The van der Waals surface area contributed by atoms with E-state index in [4.69, 9.17) is 0 Å². The van der Waals surface area contributed by atoms with E-state index in [9.17, 15) is 0 Å². The van der Waals surface area contributed by atoms with E-state index < -0.39 is 0 Å². The highest BCUT2D eigenvalue weighted by molar-refractivity contribution is 7.96. The van der Waals surface area contributed by atoms with Crippen LogP contribution in [0, 0.1) is 0 Å². The van der Waals surface area contributed by atoms with Gasteiger partial charge in [0.2, 0.25) is 5.95 Å². The third-order valence-electron chi connectivity index (χ3n) is 4.06. The number of hydrogen-bond donors (Lipinski definition) is 2. The van der Waals surface area contributed by atoms with Gasteiger partial charge in [0.1, 0.15) is 0 Å². The fourth-order valence-corrected chi connectivity index (χ4v) is 3.34. The molecule has 3 aromatic heterocycles. The van der Waals surface area contributed by atoms with E-state index in [0.717, 1.165) is 42.8 Å². The lowest BCUT2D eigenvalue weighted by Gasteiger charge is -2.30. The first-order chi connectivity index (χ1) is 11.3. The van der Waals surface area contributed by atoms with Gasteiger partial charge in [-0.15, -0.1) is 5.10 Å². The molecule has 1 fully saturated rings. The van der Waals surface area contributed by atoms with E-state index in [1.54, 1.807) is 16.9 Å². The summed E-state index contributed by atoms with van der Waals surface area (Å²) in [5, 5.41) is 14.7. The van der Waals surface area contributed by atoms with Crippen LogP contribution in [0.25, 0.3) is 16.9 Å². The summed E-state index contributed by atoms with van der Waals surface area (Å²) in [6.07, 6.45) is 11.5. The molecule has 0 unspecified atom stereocenters. The molecule has 0 saturated carbocycles. The number of aromatic nitrogens is 6. The van der Waals surface area contributed by atoms with Gasteiger partial charge in [-0.05, 0) is 19.1 Å². The molecule has 1 aliphatic heterocycles. The first-order valence-corrected chi connectivity index (χ1v) is 8.77. The normalized spacial score (nSPS) is 16.9. The van der Waals surface area contributed by atoms with Gasteiger partial charge in [-0.1, -0.05) is 11.9 Å². The maximum Gasteiger partial charge on any atom is 0.243 e. The maximum absolute atomic E-state index is 4.52. The summed E-state index contributed by atoms with van der Waals surface area (Å²) in [6.45, 7) is 2.19. The van der Waals surface area contributed by atoms with E-state index in [-0.39, 0.29) is 0 Å². The standard InChI is InChI=1S/C14H18N8S/c1-23-21-4-2-11(3-5-21)18-14-19-13-8-15-12(9-22(13)20-14)10-6-16-17-7-10/h6-9,11H,2-5H2,1H3,(H,16,17)(H,18,20). The molecule has 1 saturated heterocycles. The van der Waals surface area contributed by atoms with Crippen LogP contribution in [0.3, 0.4) is 0 Å². The Labute approximate surface area is 137 Å². The molecule has 23 heavy (non-hydrogen) atoms. The lowest BCUT2D eigenvalue weighted by atomic mass is 10.1. The van der Waals surface area contributed by atoms with Crippen molar-refractivity contribution >= 4 is 23.5 Å². The molecule has 0 atom stereocenters. The van der Waals surface area contributed by atoms with E-state index in [2.05, 4.69) is 41.1 Å². The third kappa shape index (κ3) is 3.02. The lowest BCUT2D eigenvalue weighted by Crippen LogP contribution is -2.35. The van der Waals surface area contributed by atoms with Crippen molar-refractivity contribution in [3.63, 3.8) is 0 Å². The number of rotatable bonds is 4. The highest BCUT2D eigenvalue weighted by atomic mass is 32.2. The van der Waals surface area contributed by atoms with Gasteiger partial charge in [0.05, 0.1) is 24.3 Å². The van der Waals surface area contributed by atoms with Crippen molar-refractivity contribution in [2.75, 3.05) is 24.7 Å². The molecule has 9 heteroatoms. The molecule has 0 bridgehead atoms. The van der Waals surface area contributed by atoms with E-state index >= 15 is 0 Å². The van der Waals surface area contributed by atoms with Crippen LogP contribution in [0.5, 0.6) is 0 Å². The predicted molar refractivity (Wildman–Crippen MR) is 90.1 cm³/mol. The number of aromatic amines is 1. The molecule has 8 nitrogen and oxygen atoms in total. The van der Waals surface area contributed by atoms with Crippen molar-refractivity contribution in [1.29, 1.82) is 0 Å². The summed E-state index contributed by atoms with van der Waals surface area (Å²) in [5.74, 6) is 0.666. The molecule has 4 heterocycles. The Balaban J connectivity index is 1.51. The molecule has 0 amide bonds. The lowest BCUT2D eigenvalue weighted by molar-refractivity contribution is 0.358. The molecule has 4 rings (SSSR count). The van der Waals surface area contributed by atoms with Crippen molar-refractivity contribution in [1.82, 2.24) is 34.1 Å². The number of nitrogens with zero attached hydrogens (tertiary/aromatic N) is 6. The van der Waals surface area contributed by atoms with Gasteiger partial charge in [0.15, 0.2) is 5.65 Å². The summed E-state index contributed by atoms with van der Waals surface area (Å²) in [4.78, 5) is 8.91. The minimum absolute atomic E-state index is 0.428. The zero-order chi connectivity index (χ0) is 15.6. The number of piperidine rings is 1. The largest absolute Gasteiger partial charge is 0.350 e. The van der Waals surface area contributed by atoms with Gasteiger partial charge >= 0.3 is 0 Å². The number of fused-ring (bicyclic) bond motifs is 1. The summed E-state index contributed by atoms with van der Waals surface area (Å²) < 4.78 is 4.14. The molecule has 0 aromatic carbocycles. The molecule has 0 aliphatic carbocycles. The van der Waals surface area contributed by atoms with Crippen molar-refractivity contribution in [2.45, 2.75) is 18.9 Å². The van der Waals surface area contributed by atoms with Crippen LogP contribution >= 0.6 is 11.9 Å². The van der Waals surface area contributed by atoms with E-state index in [1.165, 1.54) is 0 Å². The van der Waals surface area contributed by atoms with Crippen molar-refractivity contribution in [2.24, 2.45) is 0 Å². The average molecular weight is 330 g/mol. The minimum Gasteiger partial charge on any atom is -0.350 e. The summed E-state index contributed by atoms with van der Waals surface area (Å²) in [7, 11) is 0. The molecule has 3 aromatic rings. The highest BCUT2D eigenvalue weighted by Gasteiger charge is 2.19. The van der Waals surface area contributed by atoms with Gasteiger partial charge in [-0.25, -0.2) is 4.52 Å². The molecule has 1 aliphatic rings. The van der Waals surface area contributed by atoms with Crippen molar-refractivity contribution in [3.8, 4) is 11.3 Å². The fraction of sp³-hybridized carbons (Fsp3) is 0.429. The topological polar surface area (TPSA) is 87.0 Å². The summed E-state index contributed by atoms with van der Waals surface area (Å²) in [6, 6.07) is 0.428. The van der Waals surface area contributed by atoms with Crippen LogP contribution in [0.1, 0.15) is 12.8 Å².